The number of azide groups is 1. The van der Waals surface area contributed by atoms with E-state index in [-0.39, 0.29) is 24.1 Å². The van der Waals surface area contributed by atoms with Crippen molar-refractivity contribution in [2.75, 3.05) is 0 Å². The lowest BCUT2D eigenvalue weighted by molar-refractivity contribution is 0.0481. The molecule has 24 heavy (non-hydrogen) atoms. The summed E-state index contributed by atoms with van der Waals surface area (Å²) >= 11 is 0. The Kier molecular flexibility index (Phi) is 6.10. The number of nitrogens with one attached hydrogen (secondary N) is 1. The Hall–Kier alpha value is -2.20. The van der Waals surface area contributed by atoms with Crippen LogP contribution in [0.25, 0.3) is 10.4 Å². The predicted molar refractivity (Wildman–Crippen MR) is 93.6 cm³/mol. The smallest absolute Gasteiger partial charge is 0.407 e. The van der Waals surface area contributed by atoms with Crippen LogP contribution in [0.3, 0.4) is 0 Å². The zero-order chi connectivity index (χ0) is 17.6. The van der Waals surface area contributed by atoms with Gasteiger partial charge in [0.1, 0.15) is 5.60 Å². The summed E-state index contributed by atoms with van der Waals surface area (Å²) in [5, 5.41) is 6.93. The van der Waals surface area contributed by atoms with Crippen LogP contribution in [0.15, 0.2) is 35.4 Å². The third-order valence-electron chi connectivity index (χ3n) is 4.20. The number of hydrogen-bond donors (Lipinski definition) is 1. The lowest BCUT2D eigenvalue weighted by Crippen LogP contribution is -2.44. The van der Waals surface area contributed by atoms with Gasteiger partial charge in [-0.1, -0.05) is 35.4 Å². The van der Waals surface area contributed by atoms with E-state index < -0.39 is 5.60 Å². The minimum absolute atomic E-state index is 0.0214. The summed E-state index contributed by atoms with van der Waals surface area (Å²) in [5.41, 5.74) is 9.53. The number of carbonyl (C=O) groups excluding carboxylic acids is 1. The first kappa shape index (κ1) is 18.1. The maximum absolute atomic E-state index is 12.0. The highest BCUT2D eigenvalue weighted by Crippen LogP contribution is 2.30. The molecule has 1 aliphatic rings. The van der Waals surface area contributed by atoms with Gasteiger partial charge in [-0.05, 0) is 63.5 Å². The van der Waals surface area contributed by atoms with Gasteiger partial charge in [0.25, 0.3) is 0 Å². The molecule has 0 spiro atoms. The van der Waals surface area contributed by atoms with Gasteiger partial charge in [0.05, 0.1) is 0 Å². The number of amides is 1. The Morgan fingerprint density at radius 3 is 2.67 bits per heavy atom. The first-order valence-corrected chi connectivity index (χ1v) is 8.45. The largest absolute Gasteiger partial charge is 0.444 e. The van der Waals surface area contributed by atoms with Gasteiger partial charge >= 0.3 is 6.09 Å². The van der Waals surface area contributed by atoms with E-state index in [4.69, 9.17) is 10.3 Å². The highest BCUT2D eigenvalue weighted by Gasteiger charge is 2.31. The second-order valence-electron chi connectivity index (χ2n) is 7.38. The number of rotatable bonds is 4. The van der Waals surface area contributed by atoms with E-state index in [0.29, 0.717) is 0 Å². The molecule has 0 bridgehead atoms. The molecule has 6 nitrogen and oxygen atoms in total. The summed E-state index contributed by atoms with van der Waals surface area (Å²) < 4.78 is 5.34. The van der Waals surface area contributed by atoms with Gasteiger partial charge in [-0.15, -0.1) is 0 Å². The second kappa shape index (κ2) is 8.06. The average Bonchev–Trinajstić information content (AvgIpc) is 2.49. The predicted octanol–water partition coefficient (Wildman–Crippen LogP) is 4.60. The lowest BCUT2D eigenvalue weighted by Gasteiger charge is -2.34. The van der Waals surface area contributed by atoms with Crippen molar-refractivity contribution in [2.45, 2.75) is 64.1 Å². The van der Waals surface area contributed by atoms with Crippen LogP contribution in [-0.2, 0) is 11.2 Å². The molecule has 6 heteroatoms. The van der Waals surface area contributed by atoms with Gasteiger partial charge < -0.3 is 10.1 Å². The van der Waals surface area contributed by atoms with Gasteiger partial charge in [0.2, 0.25) is 0 Å². The zero-order valence-corrected chi connectivity index (χ0v) is 14.6. The number of nitrogens with zero attached hydrogens (tertiary/aromatic N) is 3. The normalized spacial score (nSPS) is 23.9. The lowest BCUT2D eigenvalue weighted by atomic mass is 9.78. The van der Waals surface area contributed by atoms with E-state index in [1.54, 1.807) is 0 Å². The van der Waals surface area contributed by atoms with Crippen molar-refractivity contribution in [3.05, 3.63) is 46.3 Å². The van der Waals surface area contributed by atoms with Gasteiger partial charge in [0, 0.05) is 17.0 Å². The molecule has 1 fully saturated rings. The minimum Gasteiger partial charge on any atom is -0.444 e. The fourth-order valence-electron chi connectivity index (χ4n) is 3.21. The number of ether oxygens (including phenoxy) is 1. The van der Waals surface area contributed by atoms with Crippen LogP contribution in [0.1, 0.15) is 45.6 Å². The summed E-state index contributed by atoms with van der Waals surface area (Å²) in [6.07, 6.45) is 2.83. The van der Waals surface area contributed by atoms with Crippen molar-refractivity contribution >= 4 is 6.09 Å². The maximum atomic E-state index is 12.0. The highest BCUT2D eigenvalue weighted by molar-refractivity contribution is 5.68. The molecule has 0 unspecified atom stereocenters. The minimum atomic E-state index is -0.504. The monoisotopic (exact) mass is 330 g/mol. The molecule has 0 aliphatic heterocycles. The molecule has 1 aromatic carbocycles. The third-order valence-corrected chi connectivity index (χ3v) is 4.20. The summed E-state index contributed by atoms with van der Waals surface area (Å²) in [6.45, 7) is 5.55. The van der Waals surface area contributed by atoms with Crippen LogP contribution in [0.2, 0.25) is 0 Å². The third kappa shape index (κ3) is 5.78. The Morgan fingerprint density at radius 1 is 1.33 bits per heavy atom. The summed E-state index contributed by atoms with van der Waals surface area (Å²) in [7, 11) is 0. The molecule has 3 atom stereocenters. The fraction of sp³-hybridized carbons (Fsp3) is 0.611. The van der Waals surface area contributed by atoms with Gasteiger partial charge in [0.15, 0.2) is 0 Å². The molecule has 2 rings (SSSR count). The van der Waals surface area contributed by atoms with E-state index in [1.807, 2.05) is 39.0 Å². The molecule has 130 valence electrons. The van der Waals surface area contributed by atoms with Crippen molar-refractivity contribution in [2.24, 2.45) is 11.0 Å². The van der Waals surface area contributed by atoms with E-state index in [2.05, 4.69) is 27.5 Å². The van der Waals surface area contributed by atoms with Gasteiger partial charge in [-0.25, -0.2) is 4.79 Å². The first-order chi connectivity index (χ1) is 11.4. The van der Waals surface area contributed by atoms with Gasteiger partial charge in [-0.2, -0.15) is 0 Å². The Labute approximate surface area is 143 Å². The van der Waals surface area contributed by atoms with Crippen molar-refractivity contribution in [1.29, 1.82) is 0 Å². The van der Waals surface area contributed by atoms with Crippen LogP contribution < -0.4 is 5.32 Å². The second-order valence-corrected chi connectivity index (χ2v) is 7.38. The van der Waals surface area contributed by atoms with Crippen LogP contribution in [0.4, 0.5) is 4.79 Å². The van der Waals surface area contributed by atoms with Crippen LogP contribution in [0.5, 0.6) is 0 Å². The van der Waals surface area contributed by atoms with Crippen LogP contribution in [0, 0.1) is 5.92 Å². The van der Waals surface area contributed by atoms with Crippen molar-refractivity contribution in [3.63, 3.8) is 0 Å². The van der Waals surface area contributed by atoms with E-state index in [0.717, 1.165) is 25.7 Å². The Morgan fingerprint density at radius 2 is 2.04 bits per heavy atom. The number of alkyl carbamates (subject to hydrolysis) is 1. The number of benzene rings is 1. The average molecular weight is 330 g/mol. The number of carbonyl (C=O) groups is 1. The van der Waals surface area contributed by atoms with E-state index >= 15 is 0 Å². The van der Waals surface area contributed by atoms with Crippen molar-refractivity contribution in [1.82, 2.24) is 5.32 Å². The summed E-state index contributed by atoms with van der Waals surface area (Å²) in [4.78, 5) is 15.0. The van der Waals surface area contributed by atoms with Crippen molar-refractivity contribution in [3.8, 4) is 0 Å². The molecule has 0 saturated heterocycles. The van der Waals surface area contributed by atoms with Crippen LogP contribution in [-0.4, -0.2) is 23.8 Å². The molecular weight excluding hydrogens is 304 g/mol. The Balaban J connectivity index is 1.99. The molecular formula is C18H26N4O2. The van der Waals surface area contributed by atoms with E-state index in [9.17, 15) is 4.79 Å². The first-order valence-electron chi connectivity index (χ1n) is 8.45. The molecule has 1 aliphatic carbocycles. The maximum Gasteiger partial charge on any atom is 0.407 e. The molecule has 1 N–H and O–H groups in total. The SMILES string of the molecule is CC(C)(C)OC(=O)N[C@@H]1CC[C@@H](N=[N+]=[N-])[C@H](Cc2ccccc2)C1. The quantitative estimate of drug-likeness (QED) is 0.497. The van der Waals surface area contributed by atoms with Crippen molar-refractivity contribution < 1.29 is 9.53 Å². The molecule has 0 heterocycles. The Bertz CT molecular complexity index is 591. The van der Waals surface area contributed by atoms with E-state index in [1.165, 1.54) is 5.56 Å². The fourth-order valence-corrected chi connectivity index (χ4v) is 3.21. The molecule has 1 saturated carbocycles. The standard InChI is InChI=1S/C18H26N4O2/c1-18(2,3)24-17(23)20-15-9-10-16(21-22-19)14(12-15)11-13-7-5-4-6-8-13/h4-8,14-16H,9-12H2,1-3H3,(H,20,23)/t14-,15-,16-/m1/s1. The molecule has 0 radical (unpaired) electrons. The molecule has 1 amide bonds. The number of hydrogen-bond acceptors (Lipinski definition) is 3. The molecule has 0 aromatic heterocycles. The zero-order valence-electron chi connectivity index (χ0n) is 14.6. The highest BCUT2D eigenvalue weighted by atomic mass is 16.6. The topological polar surface area (TPSA) is 87.1 Å². The van der Waals surface area contributed by atoms with Gasteiger partial charge in [-0.3, -0.25) is 0 Å². The van der Waals surface area contributed by atoms with Crippen LogP contribution >= 0.6 is 0 Å². The summed E-state index contributed by atoms with van der Waals surface area (Å²) in [6, 6.07) is 10.2. The summed E-state index contributed by atoms with van der Waals surface area (Å²) in [5.74, 6) is 0.219. The molecule has 1 aromatic rings.